The lowest BCUT2D eigenvalue weighted by atomic mass is 10.1. The van der Waals surface area contributed by atoms with Crippen LogP contribution in [0.15, 0.2) is 41.1 Å². The van der Waals surface area contributed by atoms with Crippen molar-refractivity contribution in [3.8, 4) is 5.75 Å². The highest BCUT2D eigenvalue weighted by atomic mass is 32.1. The van der Waals surface area contributed by atoms with Gasteiger partial charge in [-0.05, 0) is 47.0 Å². The summed E-state index contributed by atoms with van der Waals surface area (Å²) in [5, 5.41) is 13.5. The molecule has 0 unspecified atom stereocenters. The van der Waals surface area contributed by atoms with Gasteiger partial charge in [0, 0.05) is 0 Å². The van der Waals surface area contributed by atoms with Crippen molar-refractivity contribution in [3.05, 3.63) is 52.2 Å². The minimum atomic E-state index is -0.454. The van der Waals surface area contributed by atoms with Gasteiger partial charge in [0.2, 0.25) is 0 Å². The molecule has 0 radical (unpaired) electrons. The molecule has 84 valence electrons. The molecule has 16 heavy (non-hydrogen) atoms. The van der Waals surface area contributed by atoms with E-state index in [-0.39, 0.29) is 0 Å². The smallest absolute Gasteiger partial charge is 0.120 e. The SMILES string of the molecule is C[C@@H](O)c1cccc(OCc2ccsc2)c1. The fraction of sp³-hybridized carbons (Fsp3) is 0.231. The summed E-state index contributed by atoms with van der Waals surface area (Å²) in [7, 11) is 0. The zero-order chi connectivity index (χ0) is 11.4. The van der Waals surface area contributed by atoms with E-state index in [1.54, 1.807) is 18.3 Å². The Morgan fingerprint density at radius 3 is 2.94 bits per heavy atom. The normalized spacial score (nSPS) is 12.4. The molecule has 0 aliphatic heterocycles. The number of thiophene rings is 1. The van der Waals surface area contributed by atoms with Crippen LogP contribution in [0.4, 0.5) is 0 Å². The van der Waals surface area contributed by atoms with Gasteiger partial charge in [-0.2, -0.15) is 11.3 Å². The summed E-state index contributed by atoms with van der Waals surface area (Å²) >= 11 is 1.66. The molecule has 0 saturated heterocycles. The summed E-state index contributed by atoms with van der Waals surface area (Å²) in [5.41, 5.74) is 2.05. The van der Waals surface area contributed by atoms with Crippen molar-refractivity contribution in [3.63, 3.8) is 0 Å². The van der Waals surface area contributed by atoms with E-state index >= 15 is 0 Å². The Hall–Kier alpha value is -1.32. The molecular weight excluding hydrogens is 220 g/mol. The number of benzene rings is 1. The van der Waals surface area contributed by atoms with Gasteiger partial charge in [-0.25, -0.2) is 0 Å². The second-order valence-electron chi connectivity index (χ2n) is 3.67. The molecule has 0 fully saturated rings. The van der Waals surface area contributed by atoms with Crippen molar-refractivity contribution in [2.24, 2.45) is 0 Å². The number of rotatable bonds is 4. The fourth-order valence-electron chi connectivity index (χ4n) is 1.41. The molecule has 0 aliphatic carbocycles. The molecule has 2 nitrogen and oxygen atoms in total. The zero-order valence-corrected chi connectivity index (χ0v) is 9.91. The Morgan fingerprint density at radius 2 is 2.25 bits per heavy atom. The highest BCUT2D eigenvalue weighted by molar-refractivity contribution is 7.07. The van der Waals surface area contributed by atoms with Crippen LogP contribution in [-0.2, 0) is 6.61 Å². The number of aliphatic hydroxyl groups is 1. The number of aliphatic hydroxyl groups excluding tert-OH is 1. The van der Waals surface area contributed by atoms with Crippen molar-refractivity contribution in [2.75, 3.05) is 0 Å². The summed E-state index contributed by atoms with van der Waals surface area (Å²) in [6, 6.07) is 9.60. The summed E-state index contributed by atoms with van der Waals surface area (Å²) in [5.74, 6) is 0.796. The Morgan fingerprint density at radius 1 is 1.38 bits per heavy atom. The van der Waals surface area contributed by atoms with Crippen LogP contribution in [0.1, 0.15) is 24.2 Å². The van der Waals surface area contributed by atoms with Gasteiger partial charge >= 0.3 is 0 Å². The van der Waals surface area contributed by atoms with Crippen molar-refractivity contribution in [2.45, 2.75) is 19.6 Å². The Bertz CT molecular complexity index is 435. The lowest BCUT2D eigenvalue weighted by Gasteiger charge is -2.08. The van der Waals surface area contributed by atoms with Gasteiger partial charge in [0.1, 0.15) is 12.4 Å². The molecule has 0 aliphatic rings. The maximum absolute atomic E-state index is 9.45. The highest BCUT2D eigenvalue weighted by Gasteiger charge is 2.02. The first-order valence-corrected chi connectivity index (χ1v) is 6.12. The van der Waals surface area contributed by atoms with Crippen LogP contribution >= 0.6 is 11.3 Å². The van der Waals surface area contributed by atoms with Crippen LogP contribution in [0.25, 0.3) is 0 Å². The van der Waals surface area contributed by atoms with Crippen molar-refractivity contribution < 1.29 is 9.84 Å². The van der Waals surface area contributed by atoms with E-state index in [1.165, 1.54) is 5.56 Å². The average Bonchev–Trinajstić information content (AvgIpc) is 2.79. The summed E-state index contributed by atoms with van der Waals surface area (Å²) < 4.78 is 5.64. The second-order valence-corrected chi connectivity index (χ2v) is 4.45. The minimum absolute atomic E-state index is 0.454. The predicted molar refractivity (Wildman–Crippen MR) is 65.7 cm³/mol. The topological polar surface area (TPSA) is 29.5 Å². The third-order valence-corrected chi connectivity index (χ3v) is 3.06. The van der Waals surface area contributed by atoms with E-state index in [0.29, 0.717) is 6.61 Å². The molecule has 0 spiro atoms. The molecule has 1 aromatic heterocycles. The van der Waals surface area contributed by atoms with E-state index < -0.39 is 6.10 Å². The monoisotopic (exact) mass is 234 g/mol. The van der Waals surface area contributed by atoms with Gasteiger partial charge in [-0.1, -0.05) is 12.1 Å². The van der Waals surface area contributed by atoms with E-state index in [9.17, 15) is 5.11 Å². The van der Waals surface area contributed by atoms with Gasteiger partial charge in [0.05, 0.1) is 6.10 Å². The van der Waals surface area contributed by atoms with Crippen molar-refractivity contribution in [1.29, 1.82) is 0 Å². The first-order valence-electron chi connectivity index (χ1n) is 5.17. The first kappa shape index (κ1) is 11.2. The molecule has 0 saturated carbocycles. The molecule has 1 atom stereocenters. The zero-order valence-electron chi connectivity index (χ0n) is 9.09. The van der Waals surface area contributed by atoms with E-state index in [2.05, 4.69) is 5.38 Å². The maximum Gasteiger partial charge on any atom is 0.120 e. The Balaban J connectivity index is 2.01. The van der Waals surface area contributed by atoms with Crippen LogP contribution in [-0.4, -0.2) is 5.11 Å². The van der Waals surface area contributed by atoms with E-state index in [0.717, 1.165) is 11.3 Å². The lowest BCUT2D eigenvalue weighted by molar-refractivity contribution is 0.198. The second kappa shape index (κ2) is 5.14. The number of ether oxygens (including phenoxy) is 1. The molecule has 2 rings (SSSR count). The quantitative estimate of drug-likeness (QED) is 0.878. The Labute approximate surface area is 99.1 Å². The van der Waals surface area contributed by atoms with Crippen LogP contribution < -0.4 is 4.74 Å². The molecular formula is C13H14O2S. The third kappa shape index (κ3) is 2.84. The molecule has 1 aromatic carbocycles. The number of hydrogen-bond acceptors (Lipinski definition) is 3. The molecule has 2 aromatic rings. The maximum atomic E-state index is 9.45. The van der Waals surface area contributed by atoms with Crippen molar-refractivity contribution >= 4 is 11.3 Å². The first-order chi connectivity index (χ1) is 7.75. The predicted octanol–water partition coefficient (Wildman–Crippen LogP) is 3.38. The molecule has 3 heteroatoms. The van der Waals surface area contributed by atoms with Gasteiger partial charge in [0.15, 0.2) is 0 Å². The standard InChI is InChI=1S/C13H14O2S/c1-10(14)12-3-2-4-13(7-12)15-8-11-5-6-16-9-11/h2-7,9-10,14H,8H2,1H3/t10-/m1/s1. The molecule has 1 N–H and O–H groups in total. The summed E-state index contributed by atoms with van der Waals surface area (Å²) in [6.45, 7) is 2.32. The largest absolute Gasteiger partial charge is 0.489 e. The summed E-state index contributed by atoms with van der Waals surface area (Å²) in [6.07, 6.45) is -0.454. The highest BCUT2D eigenvalue weighted by Crippen LogP contribution is 2.20. The molecule has 0 bridgehead atoms. The average molecular weight is 234 g/mol. The summed E-state index contributed by atoms with van der Waals surface area (Å²) in [4.78, 5) is 0. The van der Waals surface area contributed by atoms with Crippen LogP contribution in [0.5, 0.6) is 5.75 Å². The van der Waals surface area contributed by atoms with Gasteiger partial charge < -0.3 is 9.84 Å². The van der Waals surface area contributed by atoms with Crippen LogP contribution in [0.3, 0.4) is 0 Å². The fourth-order valence-corrected chi connectivity index (χ4v) is 2.06. The van der Waals surface area contributed by atoms with Crippen molar-refractivity contribution in [1.82, 2.24) is 0 Å². The van der Waals surface area contributed by atoms with Gasteiger partial charge in [-0.15, -0.1) is 0 Å². The van der Waals surface area contributed by atoms with Gasteiger partial charge in [-0.3, -0.25) is 0 Å². The molecule has 0 amide bonds. The van der Waals surface area contributed by atoms with Crippen LogP contribution in [0.2, 0.25) is 0 Å². The minimum Gasteiger partial charge on any atom is -0.489 e. The van der Waals surface area contributed by atoms with Crippen LogP contribution in [0, 0.1) is 0 Å². The van der Waals surface area contributed by atoms with E-state index in [4.69, 9.17) is 4.74 Å². The Kier molecular flexibility index (Phi) is 3.59. The molecule has 1 heterocycles. The van der Waals surface area contributed by atoms with Gasteiger partial charge in [0.25, 0.3) is 0 Å². The number of hydrogen-bond donors (Lipinski definition) is 1. The lowest BCUT2D eigenvalue weighted by Crippen LogP contribution is -1.96. The van der Waals surface area contributed by atoms with E-state index in [1.807, 2.05) is 35.7 Å². The third-order valence-electron chi connectivity index (χ3n) is 2.33.